The van der Waals surface area contributed by atoms with Crippen molar-refractivity contribution in [2.24, 2.45) is 15.5 Å². The van der Waals surface area contributed by atoms with Gasteiger partial charge in [0, 0.05) is 25.7 Å². The SMILES string of the molecule is Cc1cc(F)cc(C2CN(C)N=C3/C(=C/c4ccc(N5C=NC(C)C5)c5ocnc45)CC4(CC4)CN32)c1. The van der Waals surface area contributed by atoms with Crippen LogP contribution in [0.4, 0.5) is 10.1 Å². The largest absolute Gasteiger partial charge is 0.441 e. The Kier molecular flexibility index (Phi) is 4.97. The van der Waals surface area contributed by atoms with Crippen LogP contribution in [0.25, 0.3) is 17.2 Å². The summed E-state index contributed by atoms with van der Waals surface area (Å²) in [4.78, 5) is 13.6. The van der Waals surface area contributed by atoms with Crippen molar-refractivity contribution in [2.75, 3.05) is 31.6 Å². The number of aromatic nitrogens is 1. The quantitative estimate of drug-likeness (QED) is 0.485. The van der Waals surface area contributed by atoms with Gasteiger partial charge >= 0.3 is 0 Å². The number of likely N-dealkylation sites (N-methyl/N-ethyl adjacent to an activating group) is 1. The number of oxazole rings is 1. The molecule has 3 aromatic rings. The Bertz CT molecular complexity index is 1460. The van der Waals surface area contributed by atoms with Crippen molar-refractivity contribution in [1.82, 2.24) is 14.9 Å². The lowest BCUT2D eigenvalue weighted by molar-refractivity contribution is 0.156. The van der Waals surface area contributed by atoms with E-state index < -0.39 is 0 Å². The lowest BCUT2D eigenvalue weighted by Gasteiger charge is -2.46. The molecule has 1 aliphatic carbocycles. The van der Waals surface area contributed by atoms with Crippen molar-refractivity contribution in [3.05, 3.63) is 64.8 Å². The van der Waals surface area contributed by atoms with Gasteiger partial charge in [0.05, 0.1) is 30.7 Å². The number of fused-ring (bicyclic) bond motifs is 2. The van der Waals surface area contributed by atoms with Gasteiger partial charge in [-0.25, -0.2) is 9.37 Å². The van der Waals surface area contributed by atoms with Crippen molar-refractivity contribution in [2.45, 2.75) is 45.2 Å². The highest BCUT2D eigenvalue weighted by Crippen LogP contribution is 2.56. The van der Waals surface area contributed by atoms with Crippen LogP contribution in [-0.4, -0.2) is 59.8 Å². The molecule has 1 saturated heterocycles. The standard InChI is InChI=1S/C29H31FN6O/c1-18-8-21(11-23(30)9-18)25-14-34(3)33-28-22(12-29(6-7-29)15-36(25)28)10-20-4-5-24(27-26(20)32-17-37-27)35-13-19(2)31-16-35/h4-5,8-11,16-17,19,25H,6-7,12-15H2,1-3H3/b22-10+. The van der Waals surface area contributed by atoms with E-state index in [2.05, 4.69) is 51.0 Å². The molecule has 1 saturated carbocycles. The fraction of sp³-hybridized carbons (Fsp3) is 0.414. The van der Waals surface area contributed by atoms with Gasteiger partial charge in [0.2, 0.25) is 0 Å². The number of aryl methyl sites for hydroxylation is 1. The summed E-state index contributed by atoms with van der Waals surface area (Å²) in [5.41, 5.74) is 7.08. The molecule has 2 aromatic carbocycles. The van der Waals surface area contributed by atoms with E-state index in [0.717, 1.165) is 65.4 Å². The summed E-state index contributed by atoms with van der Waals surface area (Å²) in [6, 6.07) is 9.94. The van der Waals surface area contributed by atoms with Crippen LogP contribution in [-0.2, 0) is 0 Å². The van der Waals surface area contributed by atoms with Crippen LogP contribution in [0.2, 0.25) is 0 Å². The number of hydrazone groups is 1. The van der Waals surface area contributed by atoms with Crippen LogP contribution in [0.15, 0.2) is 56.8 Å². The molecule has 2 fully saturated rings. The minimum absolute atomic E-state index is 0.0546. The summed E-state index contributed by atoms with van der Waals surface area (Å²) < 4.78 is 20.3. The predicted octanol–water partition coefficient (Wildman–Crippen LogP) is 5.38. The van der Waals surface area contributed by atoms with E-state index in [1.54, 1.807) is 12.1 Å². The maximum absolute atomic E-state index is 14.4. The number of aliphatic imine (C=N–C) groups is 1. The van der Waals surface area contributed by atoms with E-state index in [1.807, 2.05) is 25.3 Å². The second-order valence-corrected chi connectivity index (χ2v) is 11.3. The van der Waals surface area contributed by atoms with Gasteiger partial charge in [-0.15, -0.1) is 0 Å². The van der Waals surface area contributed by atoms with Gasteiger partial charge in [-0.05, 0) is 79.5 Å². The summed E-state index contributed by atoms with van der Waals surface area (Å²) in [6.45, 7) is 6.59. The predicted molar refractivity (Wildman–Crippen MR) is 144 cm³/mol. The van der Waals surface area contributed by atoms with Crippen LogP contribution in [0.3, 0.4) is 0 Å². The Balaban J connectivity index is 1.30. The monoisotopic (exact) mass is 498 g/mol. The lowest BCUT2D eigenvalue weighted by Crippen LogP contribution is -2.51. The zero-order chi connectivity index (χ0) is 25.3. The van der Waals surface area contributed by atoms with Gasteiger partial charge < -0.3 is 14.2 Å². The van der Waals surface area contributed by atoms with Crippen molar-refractivity contribution in [3.63, 3.8) is 0 Å². The average Bonchev–Trinajstić information content (AvgIpc) is 3.22. The second-order valence-electron chi connectivity index (χ2n) is 11.3. The van der Waals surface area contributed by atoms with Crippen LogP contribution in [0, 0.1) is 18.2 Å². The molecule has 7 rings (SSSR count). The third-order valence-electron chi connectivity index (χ3n) is 8.17. The molecule has 2 atom stereocenters. The second kappa shape index (κ2) is 8.16. The first-order valence-electron chi connectivity index (χ1n) is 13.1. The van der Waals surface area contributed by atoms with Gasteiger partial charge in [0.25, 0.3) is 0 Å². The first-order chi connectivity index (χ1) is 17.9. The zero-order valence-electron chi connectivity index (χ0n) is 21.5. The first kappa shape index (κ1) is 22.5. The summed E-state index contributed by atoms with van der Waals surface area (Å²) >= 11 is 0. The third-order valence-corrected chi connectivity index (χ3v) is 8.17. The van der Waals surface area contributed by atoms with E-state index in [-0.39, 0.29) is 23.3 Å². The summed E-state index contributed by atoms with van der Waals surface area (Å²) in [5, 5.41) is 6.99. The van der Waals surface area contributed by atoms with E-state index in [9.17, 15) is 4.39 Å². The smallest absolute Gasteiger partial charge is 0.182 e. The molecule has 0 radical (unpaired) electrons. The maximum Gasteiger partial charge on any atom is 0.182 e. The lowest BCUT2D eigenvalue weighted by atomic mass is 9.86. The highest BCUT2D eigenvalue weighted by molar-refractivity contribution is 6.06. The summed E-state index contributed by atoms with van der Waals surface area (Å²) in [5.74, 6) is 0.806. The molecule has 8 heteroatoms. The molecule has 0 bridgehead atoms. The van der Waals surface area contributed by atoms with Crippen molar-refractivity contribution in [3.8, 4) is 0 Å². The zero-order valence-corrected chi connectivity index (χ0v) is 21.5. The Morgan fingerprint density at radius 3 is 2.78 bits per heavy atom. The van der Waals surface area contributed by atoms with E-state index in [4.69, 9.17) is 9.52 Å². The fourth-order valence-electron chi connectivity index (χ4n) is 6.18. The maximum atomic E-state index is 14.4. The number of rotatable bonds is 3. The van der Waals surface area contributed by atoms with E-state index >= 15 is 0 Å². The van der Waals surface area contributed by atoms with Gasteiger partial charge in [0.1, 0.15) is 11.3 Å². The number of amidine groups is 1. The number of piperidine rings is 1. The highest BCUT2D eigenvalue weighted by atomic mass is 19.1. The Labute approximate surface area is 216 Å². The molecular formula is C29H31FN6O. The molecule has 37 heavy (non-hydrogen) atoms. The number of nitrogens with zero attached hydrogens (tertiary/aromatic N) is 6. The summed E-state index contributed by atoms with van der Waals surface area (Å²) in [7, 11) is 2.01. The van der Waals surface area contributed by atoms with E-state index in [1.165, 1.54) is 24.8 Å². The van der Waals surface area contributed by atoms with Crippen molar-refractivity contribution < 1.29 is 8.81 Å². The Morgan fingerprint density at radius 1 is 1.16 bits per heavy atom. The normalized spacial score (nSPS) is 25.4. The average molecular weight is 499 g/mol. The van der Waals surface area contributed by atoms with Gasteiger partial charge in [-0.3, -0.25) is 10.0 Å². The molecule has 0 N–H and O–H groups in total. The van der Waals surface area contributed by atoms with Crippen LogP contribution >= 0.6 is 0 Å². The van der Waals surface area contributed by atoms with Gasteiger partial charge in [0.15, 0.2) is 17.8 Å². The molecule has 4 aliphatic rings. The van der Waals surface area contributed by atoms with Crippen LogP contribution in [0.1, 0.15) is 48.9 Å². The minimum Gasteiger partial charge on any atom is -0.441 e. The number of hydrogen-bond donors (Lipinski definition) is 0. The highest BCUT2D eigenvalue weighted by Gasteiger charge is 2.51. The Morgan fingerprint density at radius 2 is 2.03 bits per heavy atom. The molecule has 1 aromatic heterocycles. The van der Waals surface area contributed by atoms with Crippen molar-refractivity contribution >= 4 is 35.0 Å². The third kappa shape index (κ3) is 3.90. The molecule has 7 nitrogen and oxygen atoms in total. The number of hydrogen-bond acceptors (Lipinski definition) is 7. The van der Waals surface area contributed by atoms with E-state index in [0.29, 0.717) is 0 Å². The first-order valence-corrected chi connectivity index (χ1v) is 13.1. The number of anilines is 1. The summed E-state index contributed by atoms with van der Waals surface area (Å²) in [6.07, 6.45) is 9.07. The Hall–Kier alpha value is -3.68. The molecule has 4 heterocycles. The molecule has 1 spiro atoms. The number of benzene rings is 2. The van der Waals surface area contributed by atoms with Crippen LogP contribution in [0.5, 0.6) is 0 Å². The molecule has 3 aliphatic heterocycles. The topological polar surface area (TPSA) is 60.5 Å². The molecule has 2 unspecified atom stereocenters. The number of halogens is 1. The minimum atomic E-state index is -0.179. The van der Waals surface area contributed by atoms with Crippen LogP contribution < -0.4 is 4.90 Å². The molecular weight excluding hydrogens is 467 g/mol. The van der Waals surface area contributed by atoms with Gasteiger partial charge in [-0.1, -0.05) is 12.1 Å². The van der Waals surface area contributed by atoms with Gasteiger partial charge in [-0.2, -0.15) is 5.10 Å². The molecule has 190 valence electrons. The molecule has 0 amide bonds. The fourth-order valence-corrected chi connectivity index (χ4v) is 6.18. The van der Waals surface area contributed by atoms with Crippen molar-refractivity contribution in [1.29, 1.82) is 0 Å².